The Balaban J connectivity index is 2.09. The summed E-state index contributed by atoms with van der Waals surface area (Å²) in [6.07, 6.45) is 1.58. The molecule has 0 fully saturated rings. The number of pyridine rings is 1. The third-order valence-corrected chi connectivity index (χ3v) is 4.46. The van der Waals surface area contributed by atoms with Crippen molar-refractivity contribution in [3.8, 4) is 0 Å². The molecule has 1 heterocycles. The number of carbonyl (C=O) groups is 2. The van der Waals surface area contributed by atoms with Crippen molar-refractivity contribution in [3.63, 3.8) is 0 Å². The number of aromatic nitrogens is 1. The normalized spacial score (nSPS) is 11.8. The van der Waals surface area contributed by atoms with Crippen LogP contribution in [0, 0.1) is 11.7 Å². The van der Waals surface area contributed by atoms with Crippen LogP contribution in [0.1, 0.15) is 38.1 Å². The van der Waals surface area contributed by atoms with Crippen LogP contribution in [0.2, 0.25) is 0 Å². The number of nitrogens with one attached hydrogen (secondary N) is 2. The van der Waals surface area contributed by atoms with Gasteiger partial charge in [-0.2, -0.15) is 0 Å². The van der Waals surface area contributed by atoms with Gasteiger partial charge in [0.05, 0.1) is 17.4 Å². The fourth-order valence-corrected chi connectivity index (χ4v) is 2.81. The van der Waals surface area contributed by atoms with E-state index in [0.717, 1.165) is 18.9 Å². The summed E-state index contributed by atoms with van der Waals surface area (Å²) in [6.45, 7) is 9.40. The first-order valence-electron chi connectivity index (χ1n) is 9.44. The van der Waals surface area contributed by atoms with Crippen molar-refractivity contribution < 1.29 is 14.0 Å². The summed E-state index contributed by atoms with van der Waals surface area (Å²) in [7, 11) is 0. The summed E-state index contributed by atoms with van der Waals surface area (Å²) in [4.78, 5) is 31.5. The molecule has 0 aliphatic heterocycles. The van der Waals surface area contributed by atoms with Gasteiger partial charge in [0.1, 0.15) is 17.7 Å². The van der Waals surface area contributed by atoms with Crippen LogP contribution in [0.3, 0.4) is 0 Å². The second-order valence-corrected chi connectivity index (χ2v) is 6.74. The number of hydrogen-bond acceptors (Lipinski definition) is 4. The zero-order chi connectivity index (χ0) is 20.7. The molecule has 1 aromatic heterocycles. The number of amides is 2. The van der Waals surface area contributed by atoms with Crippen molar-refractivity contribution in [2.75, 3.05) is 23.3 Å². The van der Waals surface area contributed by atoms with Crippen LogP contribution >= 0.6 is 0 Å². The van der Waals surface area contributed by atoms with Crippen LogP contribution in [-0.4, -0.2) is 35.9 Å². The molecule has 0 saturated carbocycles. The Hall–Kier alpha value is -2.96. The molecule has 0 radical (unpaired) electrons. The van der Waals surface area contributed by atoms with Crippen LogP contribution in [0.5, 0.6) is 0 Å². The van der Waals surface area contributed by atoms with E-state index in [9.17, 15) is 14.0 Å². The van der Waals surface area contributed by atoms with Gasteiger partial charge in [0.2, 0.25) is 5.91 Å². The van der Waals surface area contributed by atoms with Gasteiger partial charge >= 0.3 is 0 Å². The Kier molecular flexibility index (Phi) is 7.49. The number of nitrogens with zero attached hydrogens (tertiary/aromatic N) is 2. The van der Waals surface area contributed by atoms with Gasteiger partial charge in [0, 0.05) is 13.1 Å². The molecule has 2 N–H and O–H groups in total. The molecule has 0 saturated heterocycles. The molecule has 1 atom stereocenters. The van der Waals surface area contributed by atoms with E-state index < -0.39 is 17.8 Å². The Morgan fingerprint density at radius 1 is 1.11 bits per heavy atom. The van der Waals surface area contributed by atoms with E-state index in [0.29, 0.717) is 5.69 Å². The second-order valence-electron chi connectivity index (χ2n) is 6.74. The lowest BCUT2D eigenvalue weighted by Gasteiger charge is -2.22. The molecular formula is C21H27FN4O2. The van der Waals surface area contributed by atoms with E-state index in [2.05, 4.69) is 20.5 Å². The molecule has 0 aliphatic carbocycles. The van der Waals surface area contributed by atoms with E-state index in [1.807, 2.05) is 33.8 Å². The van der Waals surface area contributed by atoms with Crippen molar-refractivity contribution in [1.29, 1.82) is 0 Å². The minimum absolute atomic E-state index is 0.0915. The van der Waals surface area contributed by atoms with Crippen molar-refractivity contribution in [1.82, 2.24) is 10.3 Å². The average molecular weight is 386 g/mol. The molecular weight excluding hydrogens is 359 g/mol. The van der Waals surface area contributed by atoms with Crippen molar-refractivity contribution in [2.45, 2.75) is 33.7 Å². The largest absolute Gasteiger partial charge is 0.357 e. The topological polar surface area (TPSA) is 74.3 Å². The Morgan fingerprint density at radius 3 is 2.32 bits per heavy atom. The molecule has 6 nitrogen and oxygen atoms in total. The quantitative estimate of drug-likeness (QED) is 0.729. The van der Waals surface area contributed by atoms with Gasteiger partial charge in [0.15, 0.2) is 0 Å². The van der Waals surface area contributed by atoms with Crippen LogP contribution in [0.25, 0.3) is 0 Å². The molecule has 28 heavy (non-hydrogen) atoms. The Labute approximate surface area is 165 Å². The Bertz CT molecular complexity index is 804. The van der Waals surface area contributed by atoms with E-state index in [1.165, 1.54) is 18.2 Å². The third kappa shape index (κ3) is 5.28. The lowest BCUT2D eigenvalue weighted by molar-refractivity contribution is -0.118. The highest BCUT2D eigenvalue weighted by atomic mass is 19.1. The standard InChI is InChI=1S/C21H27FN4O2/c1-5-26(6-2)18-12-11-15(13-23-18)24-21(28)19(14(3)4)25-20(27)16-9-7-8-10-17(16)22/h7-14,19H,5-6H2,1-4H3,(H,24,28)(H,25,27). The number of anilines is 2. The maximum atomic E-state index is 13.8. The molecule has 0 spiro atoms. The second kappa shape index (κ2) is 9.82. The highest BCUT2D eigenvalue weighted by Gasteiger charge is 2.25. The monoisotopic (exact) mass is 386 g/mol. The van der Waals surface area contributed by atoms with E-state index in [1.54, 1.807) is 18.3 Å². The molecule has 2 rings (SSSR count). The smallest absolute Gasteiger partial charge is 0.254 e. The van der Waals surface area contributed by atoms with Gasteiger partial charge in [-0.25, -0.2) is 9.37 Å². The number of halogens is 1. The van der Waals surface area contributed by atoms with E-state index in [4.69, 9.17) is 0 Å². The maximum Gasteiger partial charge on any atom is 0.254 e. The fraction of sp³-hybridized carbons (Fsp3) is 0.381. The molecule has 7 heteroatoms. The summed E-state index contributed by atoms with van der Waals surface area (Å²) in [5.74, 6) is -0.979. The minimum atomic E-state index is -0.811. The minimum Gasteiger partial charge on any atom is -0.357 e. The lowest BCUT2D eigenvalue weighted by atomic mass is 10.0. The van der Waals surface area contributed by atoms with Crippen LogP contribution < -0.4 is 15.5 Å². The van der Waals surface area contributed by atoms with Crippen molar-refractivity contribution in [2.24, 2.45) is 5.92 Å². The van der Waals surface area contributed by atoms with Gasteiger partial charge in [-0.3, -0.25) is 9.59 Å². The average Bonchev–Trinajstić information content (AvgIpc) is 2.68. The van der Waals surface area contributed by atoms with Gasteiger partial charge in [-0.15, -0.1) is 0 Å². The van der Waals surface area contributed by atoms with Crippen molar-refractivity contribution in [3.05, 3.63) is 54.0 Å². The number of benzene rings is 1. The highest BCUT2D eigenvalue weighted by molar-refractivity contribution is 6.01. The zero-order valence-corrected chi connectivity index (χ0v) is 16.7. The first-order chi connectivity index (χ1) is 13.4. The molecule has 0 aliphatic rings. The summed E-state index contributed by atoms with van der Waals surface area (Å²) in [5, 5.41) is 5.39. The maximum absolute atomic E-state index is 13.8. The molecule has 1 unspecified atom stereocenters. The van der Waals surface area contributed by atoms with E-state index in [-0.39, 0.29) is 17.4 Å². The number of carbonyl (C=O) groups excluding carboxylic acids is 2. The van der Waals surface area contributed by atoms with Crippen LogP contribution in [-0.2, 0) is 4.79 Å². The number of hydrogen-bond donors (Lipinski definition) is 2. The Morgan fingerprint density at radius 2 is 1.79 bits per heavy atom. The predicted octanol–water partition coefficient (Wildman–Crippen LogP) is 3.46. The lowest BCUT2D eigenvalue weighted by Crippen LogP contribution is -2.47. The summed E-state index contributed by atoms with van der Waals surface area (Å²) >= 11 is 0. The highest BCUT2D eigenvalue weighted by Crippen LogP contribution is 2.15. The van der Waals surface area contributed by atoms with Crippen LogP contribution in [0.15, 0.2) is 42.6 Å². The number of rotatable bonds is 8. The molecule has 150 valence electrons. The summed E-state index contributed by atoms with van der Waals surface area (Å²) < 4.78 is 13.8. The first kappa shape index (κ1) is 21.3. The molecule has 1 aromatic carbocycles. The molecule has 2 aromatic rings. The van der Waals surface area contributed by atoms with Crippen LogP contribution in [0.4, 0.5) is 15.9 Å². The summed E-state index contributed by atoms with van der Waals surface area (Å²) in [6, 6.07) is 8.48. The predicted molar refractivity (Wildman–Crippen MR) is 109 cm³/mol. The van der Waals surface area contributed by atoms with E-state index >= 15 is 0 Å². The fourth-order valence-electron chi connectivity index (χ4n) is 2.81. The molecule has 2 amide bonds. The van der Waals surface area contributed by atoms with Gasteiger partial charge in [0.25, 0.3) is 5.91 Å². The van der Waals surface area contributed by atoms with Gasteiger partial charge in [-0.1, -0.05) is 26.0 Å². The third-order valence-electron chi connectivity index (χ3n) is 4.46. The zero-order valence-electron chi connectivity index (χ0n) is 16.7. The van der Waals surface area contributed by atoms with Gasteiger partial charge in [-0.05, 0) is 44.0 Å². The molecule has 0 bridgehead atoms. The first-order valence-corrected chi connectivity index (χ1v) is 9.44. The van der Waals surface area contributed by atoms with Crippen molar-refractivity contribution >= 4 is 23.3 Å². The SMILES string of the molecule is CCN(CC)c1ccc(NC(=O)C(NC(=O)c2ccccc2F)C(C)C)cn1. The van der Waals surface area contributed by atoms with Gasteiger partial charge < -0.3 is 15.5 Å². The summed E-state index contributed by atoms with van der Waals surface area (Å²) in [5.41, 5.74) is 0.442.